The molecule has 0 aliphatic rings. The molecule has 0 spiro atoms. The minimum Gasteiger partial charge on any atom is -0.399 e. The van der Waals surface area contributed by atoms with Crippen molar-refractivity contribution in [2.75, 3.05) is 17.6 Å². The Morgan fingerprint density at radius 3 is 2.77 bits per heavy atom. The van der Waals surface area contributed by atoms with Crippen molar-refractivity contribution in [1.82, 2.24) is 0 Å². The fourth-order valence-electron chi connectivity index (χ4n) is 1.13. The Labute approximate surface area is 79.5 Å². The van der Waals surface area contributed by atoms with E-state index in [1.54, 1.807) is 0 Å². The van der Waals surface area contributed by atoms with Gasteiger partial charge >= 0.3 is 0 Å². The van der Waals surface area contributed by atoms with Gasteiger partial charge in [0.05, 0.1) is 0 Å². The van der Waals surface area contributed by atoms with Crippen LogP contribution in [0.5, 0.6) is 0 Å². The van der Waals surface area contributed by atoms with Crippen LogP contribution in [0, 0.1) is 6.92 Å². The third-order valence-electron chi connectivity index (χ3n) is 1.83. The van der Waals surface area contributed by atoms with Crippen LogP contribution >= 0.6 is 0 Å². The molecule has 2 heteroatoms. The van der Waals surface area contributed by atoms with Crippen LogP contribution in [0.1, 0.15) is 12.5 Å². The second-order valence-electron chi connectivity index (χ2n) is 3.39. The molecule has 0 fully saturated rings. The van der Waals surface area contributed by atoms with Gasteiger partial charge in [0.25, 0.3) is 0 Å². The van der Waals surface area contributed by atoms with Crippen LogP contribution < -0.4 is 11.1 Å². The van der Waals surface area contributed by atoms with Crippen LogP contribution in [0.2, 0.25) is 0 Å². The molecule has 0 aromatic heterocycles. The Kier molecular flexibility index (Phi) is 2.96. The molecule has 3 N–H and O–H groups in total. The van der Waals surface area contributed by atoms with Crippen LogP contribution in [-0.4, -0.2) is 6.54 Å². The van der Waals surface area contributed by atoms with Crippen molar-refractivity contribution in [2.24, 2.45) is 0 Å². The summed E-state index contributed by atoms with van der Waals surface area (Å²) < 4.78 is 0. The summed E-state index contributed by atoms with van der Waals surface area (Å²) in [6, 6.07) is 5.85. The van der Waals surface area contributed by atoms with Crippen molar-refractivity contribution in [2.45, 2.75) is 13.8 Å². The van der Waals surface area contributed by atoms with Crippen LogP contribution in [-0.2, 0) is 0 Å². The number of nitrogen functional groups attached to an aromatic ring is 1. The molecule has 0 radical (unpaired) electrons. The second kappa shape index (κ2) is 3.99. The van der Waals surface area contributed by atoms with Gasteiger partial charge in [0.1, 0.15) is 0 Å². The summed E-state index contributed by atoms with van der Waals surface area (Å²) in [5, 5.41) is 3.28. The Hall–Kier alpha value is -1.44. The Morgan fingerprint density at radius 2 is 2.23 bits per heavy atom. The summed E-state index contributed by atoms with van der Waals surface area (Å²) in [4.78, 5) is 0. The van der Waals surface area contributed by atoms with Crippen molar-refractivity contribution >= 4 is 11.4 Å². The summed E-state index contributed by atoms with van der Waals surface area (Å²) in [5.74, 6) is 0. The first-order chi connectivity index (χ1) is 6.09. The Bertz CT molecular complexity index is 316. The van der Waals surface area contributed by atoms with E-state index in [2.05, 4.69) is 11.9 Å². The van der Waals surface area contributed by atoms with Gasteiger partial charge in [0.2, 0.25) is 0 Å². The molecule has 0 aliphatic carbocycles. The first kappa shape index (κ1) is 9.65. The van der Waals surface area contributed by atoms with E-state index in [0.717, 1.165) is 23.5 Å². The molecular formula is C11H16N2. The SMILES string of the molecule is C=C(C)CNc1ccc(N)cc1C. The molecule has 1 rings (SSSR count). The van der Waals surface area contributed by atoms with E-state index in [4.69, 9.17) is 5.73 Å². The normalized spacial score (nSPS) is 9.69. The molecule has 70 valence electrons. The maximum Gasteiger partial charge on any atom is 0.0373 e. The molecule has 0 heterocycles. The molecule has 13 heavy (non-hydrogen) atoms. The first-order valence-electron chi connectivity index (χ1n) is 4.34. The number of anilines is 2. The highest BCUT2D eigenvalue weighted by Crippen LogP contribution is 2.17. The lowest BCUT2D eigenvalue weighted by Gasteiger charge is -2.09. The monoisotopic (exact) mass is 176 g/mol. The first-order valence-corrected chi connectivity index (χ1v) is 4.34. The number of nitrogens with one attached hydrogen (secondary N) is 1. The number of benzene rings is 1. The van der Waals surface area contributed by atoms with E-state index in [1.165, 1.54) is 5.56 Å². The molecule has 1 aromatic carbocycles. The second-order valence-corrected chi connectivity index (χ2v) is 3.39. The Morgan fingerprint density at radius 1 is 1.54 bits per heavy atom. The largest absolute Gasteiger partial charge is 0.399 e. The number of aryl methyl sites for hydroxylation is 1. The predicted molar refractivity (Wildman–Crippen MR) is 58.9 cm³/mol. The molecule has 0 aliphatic heterocycles. The summed E-state index contributed by atoms with van der Waals surface area (Å²) in [7, 11) is 0. The van der Waals surface area contributed by atoms with E-state index in [1.807, 2.05) is 32.0 Å². The van der Waals surface area contributed by atoms with Crippen LogP contribution in [0.3, 0.4) is 0 Å². The highest BCUT2D eigenvalue weighted by Gasteiger charge is 1.96. The van der Waals surface area contributed by atoms with Gasteiger partial charge in [-0.25, -0.2) is 0 Å². The van der Waals surface area contributed by atoms with Gasteiger partial charge in [0, 0.05) is 17.9 Å². The molecular weight excluding hydrogens is 160 g/mol. The van der Waals surface area contributed by atoms with Crippen LogP contribution in [0.4, 0.5) is 11.4 Å². The molecule has 0 unspecified atom stereocenters. The summed E-state index contributed by atoms with van der Waals surface area (Å²) in [6.45, 7) is 8.68. The van der Waals surface area contributed by atoms with Crippen LogP contribution in [0.25, 0.3) is 0 Å². The fourth-order valence-corrected chi connectivity index (χ4v) is 1.13. The lowest BCUT2D eigenvalue weighted by atomic mass is 10.2. The third kappa shape index (κ3) is 2.82. The van der Waals surface area contributed by atoms with E-state index in [9.17, 15) is 0 Å². The van der Waals surface area contributed by atoms with Gasteiger partial charge in [-0.15, -0.1) is 0 Å². The minimum absolute atomic E-state index is 0.804. The lowest BCUT2D eigenvalue weighted by molar-refractivity contribution is 1.20. The number of hydrogen-bond donors (Lipinski definition) is 2. The van der Waals surface area contributed by atoms with Gasteiger partial charge in [-0.05, 0) is 37.6 Å². The standard InChI is InChI=1S/C11H16N2/c1-8(2)7-13-11-5-4-10(12)6-9(11)3/h4-6,13H,1,7,12H2,2-3H3. The summed E-state index contributed by atoms with van der Waals surface area (Å²) >= 11 is 0. The molecule has 1 aromatic rings. The van der Waals surface area contributed by atoms with Crippen molar-refractivity contribution in [3.8, 4) is 0 Å². The zero-order chi connectivity index (χ0) is 9.84. The minimum atomic E-state index is 0.804. The highest BCUT2D eigenvalue weighted by atomic mass is 14.9. The van der Waals surface area contributed by atoms with Crippen molar-refractivity contribution in [3.63, 3.8) is 0 Å². The third-order valence-corrected chi connectivity index (χ3v) is 1.83. The van der Waals surface area contributed by atoms with E-state index in [-0.39, 0.29) is 0 Å². The smallest absolute Gasteiger partial charge is 0.0373 e. The molecule has 0 amide bonds. The van der Waals surface area contributed by atoms with Gasteiger partial charge in [0.15, 0.2) is 0 Å². The molecule has 2 nitrogen and oxygen atoms in total. The maximum atomic E-state index is 5.64. The van der Waals surface area contributed by atoms with Gasteiger partial charge in [-0.1, -0.05) is 12.2 Å². The summed E-state index contributed by atoms with van der Waals surface area (Å²) in [6.07, 6.45) is 0. The molecule has 0 atom stereocenters. The van der Waals surface area contributed by atoms with Gasteiger partial charge in [-0.2, -0.15) is 0 Å². The molecule has 0 saturated carbocycles. The van der Waals surface area contributed by atoms with Gasteiger partial charge < -0.3 is 11.1 Å². The van der Waals surface area contributed by atoms with E-state index < -0.39 is 0 Å². The average molecular weight is 176 g/mol. The maximum absolute atomic E-state index is 5.64. The van der Waals surface area contributed by atoms with Crippen molar-refractivity contribution in [1.29, 1.82) is 0 Å². The summed E-state index contributed by atoms with van der Waals surface area (Å²) in [5.41, 5.74) is 9.85. The number of rotatable bonds is 3. The highest BCUT2D eigenvalue weighted by molar-refractivity contribution is 5.57. The topological polar surface area (TPSA) is 38.0 Å². The van der Waals surface area contributed by atoms with Crippen LogP contribution in [0.15, 0.2) is 30.4 Å². The predicted octanol–water partition coefficient (Wildman–Crippen LogP) is 2.57. The van der Waals surface area contributed by atoms with E-state index in [0.29, 0.717) is 0 Å². The fraction of sp³-hybridized carbons (Fsp3) is 0.273. The lowest BCUT2D eigenvalue weighted by Crippen LogP contribution is -2.03. The van der Waals surface area contributed by atoms with Crippen molar-refractivity contribution in [3.05, 3.63) is 35.9 Å². The number of hydrogen-bond acceptors (Lipinski definition) is 2. The molecule has 0 saturated heterocycles. The zero-order valence-electron chi connectivity index (χ0n) is 8.22. The Balaban J connectivity index is 2.72. The zero-order valence-corrected chi connectivity index (χ0v) is 8.22. The number of nitrogens with two attached hydrogens (primary N) is 1. The average Bonchev–Trinajstić information content (AvgIpc) is 2.02. The quantitative estimate of drug-likeness (QED) is 0.548. The van der Waals surface area contributed by atoms with Crippen molar-refractivity contribution < 1.29 is 0 Å². The van der Waals surface area contributed by atoms with Gasteiger partial charge in [-0.3, -0.25) is 0 Å². The van der Waals surface area contributed by atoms with E-state index >= 15 is 0 Å². The molecule has 0 bridgehead atoms.